The Morgan fingerprint density at radius 2 is 1.85 bits per heavy atom. The monoisotopic (exact) mass is 370 g/mol. The molecule has 1 aliphatic rings. The zero-order valence-corrected chi connectivity index (χ0v) is 15.6. The summed E-state index contributed by atoms with van der Waals surface area (Å²) in [6.45, 7) is 0. The van der Waals surface area contributed by atoms with E-state index in [0.717, 1.165) is 19.1 Å². The van der Waals surface area contributed by atoms with Crippen LogP contribution in [-0.4, -0.2) is 31.4 Å². The van der Waals surface area contributed by atoms with Crippen LogP contribution in [0.5, 0.6) is 0 Å². The van der Waals surface area contributed by atoms with Gasteiger partial charge in [-0.1, -0.05) is 36.4 Å². The van der Waals surface area contributed by atoms with Crippen LogP contribution >= 0.6 is 0 Å². The minimum Gasteiger partial charge on any atom is -0.469 e. The van der Waals surface area contributed by atoms with Crippen molar-refractivity contribution in [2.75, 3.05) is 7.11 Å². The summed E-state index contributed by atoms with van der Waals surface area (Å²) in [4.78, 5) is 34.4. The van der Waals surface area contributed by atoms with Crippen LogP contribution in [0.15, 0.2) is 54.6 Å². The third-order valence-electron chi connectivity index (χ3n) is 4.70. The normalized spacial score (nSPS) is 21.3. The van der Waals surface area contributed by atoms with Crippen LogP contribution in [-0.2, 0) is 19.1 Å². The zero-order valence-electron chi connectivity index (χ0n) is 15.6. The van der Waals surface area contributed by atoms with Crippen LogP contribution in [0, 0.1) is 11.8 Å². The molecule has 0 radical (unpaired) electrons. The largest absolute Gasteiger partial charge is 0.469 e. The first kappa shape index (κ1) is 20.6. The number of ether oxygens (including phenoxy) is 2. The predicted octanol–water partition coefficient (Wildman–Crippen LogP) is 3.89. The lowest BCUT2D eigenvalue weighted by Crippen LogP contribution is -2.26. The Morgan fingerprint density at radius 3 is 2.56 bits per heavy atom. The van der Waals surface area contributed by atoms with Crippen LogP contribution in [0.3, 0.4) is 0 Å². The summed E-state index contributed by atoms with van der Waals surface area (Å²) in [6, 6.07) is 8.88. The van der Waals surface area contributed by atoms with Gasteiger partial charge in [-0.25, -0.2) is 4.79 Å². The van der Waals surface area contributed by atoms with Crippen LogP contribution in [0.1, 0.15) is 42.5 Å². The fourth-order valence-electron chi connectivity index (χ4n) is 3.18. The molecule has 1 unspecified atom stereocenters. The van der Waals surface area contributed by atoms with Gasteiger partial charge in [-0.15, -0.1) is 0 Å². The van der Waals surface area contributed by atoms with E-state index >= 15 is 0 Å². The first-order valence-electron chi connectivity index (χ1n) is 9.25. The summed E-state index contributed by atoms with van der Waals surface area (Å²) in [7, 11) is 1.38. The highest BCUT2D eigenvalue weighted by molar-refractivity contribution is 5.89. The van der Waals surface area contributed by atoms with Crippen molar-refractivity contribution in [1.29, 1.82) is 0 Å². The topological polar surface area (TPSA) is 69.7 Å². The van der Waals surface area contributed by atoms with Crippen LogP contribution in [0.25, 0.3) is 0 Å². The number of hydrogen-bond donors (Lipinski definition) is 0. The molecule has 0 aromatic heterocycles. The molecule has 5 nitrogen and oxygen atoms in total. The highest BCUT2D eigenvalue weighted by Crippen LogP contribution is 2.33. The molecule has 5 heteroatoms. The number of hydrogen-bond acceptors (Lipinski definition) is 5. The van der Waals surface area contributed by atoms with Crippen molar-refractivity contribution in [3.63, 3.8) is 0 Å². The molecule has 0 bridgehead atoms. The number of benzene rings is 1. The second kappa shape index (κ2) is 11.1. The summed E-state index contributed by atoms with van der Waals surface area (Å²) in [5, 5.41) is 0. The highest BCUT2D eigenvalue weighted by atomic mass is 16.5. The van der Waals surface area contributed by atoms with Gasteiger partial charge < -0.3 is 14.3 Å². The van der Waals surface area contributed by atoms with E-state index in [1.165, 1.54) is 7.11 Å². The summed E-state index contributed by atoms with van der Waals surface area (Å²) >= 11 is 0. The smallest absolute Gasteiger partial charge is 0.338 e. The van der Waals surface area contributed by atoms with Crippen molar-refractivity contribution in [2.45, 2.75) is 38.2 Å². The summed E-state index contributed by atoms with van der Waals surface area (Å²) in [5.74, 6) is -0.457. The molecule has 3 atom stereocenters. The molecule has 2 rings (SSSR count). The van der Waals surface area contributed by atoms with E-state index < -0.39 is 0 Å². The van der Waals surface area contributed by atoms with E-state index in [1.54, 1.807) is 24.3 Å². The summed E-state index contributed by atoms with van der Waals surface area (Å²) < 4.78 is 10.3. The Bertz CT molecular complexity index is 677. The maximum Gasteiger partial charge on any atom is 0.338 e. The molecule has 0 spiro atoms. The number of carbonyl (C=O) groups is 3. The molecular weight excluding hydrogens is 344 g/mol. The molecule has 0 amide bonds. The minimum atomic E-state index is -0.357. The molecule has 1 aliphatic carbocycles. The third kappa shape index (κ3) is 6.51. The Morgan fingerprint density at radius 1 is 1.07 bits per heavy atom. The number of unbranched alkanes of at least 4 members (excludes halogenated alkanes) is 1. The lowest BCUT2D eigenvalue weighted by Gasteiger charge is -2.23. The standard InChI is InChI=1S/C22H26O5/c1-26-21(24)12-8-3-2-7-11-19-17(15-16-23)13-14-20(19)27-22(25)18-9-5-4-6-10-18/h2,4-7,9-10,13-14,16-17,19-20H,3,8,11-12,15H2,1H3/b7-2-/t17-,19+,20?/m0/s1. The highest BCUT2D eigenvalue weighted by Gasteiger charge is 2.33. The quantitative estimate of drug-likeness (QED) is 0.270. The van der Waals surface area contributed by atoms with Gasteiger partial charge in [0.15, 0.2) is 0 Å². The fourth-order valence-corrected chi connectivity index (χ4v) is 3.18. The molecule has 0 saturated heterocycles. The van der Waals surface area contributed by atoms with Crippen molar-refractivity contribution < 1.29 is 23.9 Å². The number of methoxy groups -OCH3 is 1. The van der Waals surface area contributed by atoms with Crippen LogP contribution < -0.4 is 0 Å². The minimum absolute atomic E-state index is 0.0414. The van der Waals surface area contributed by atoms with E-state index in [9.17, 15) is 14.4 Å². The number of esters is 2. The molecule has 0 N–H and O–H groups in total. The maximum atomic E-state index is 12.3. The van der Waals surface area contributed by atoms with Crippen molar-refractivity contribution in [3.05, 3.63) is 60.2 Å². The van der Waals surface area contributed by atoms with Gasteiger partial charge in [0, 0.05) is 18.8 Å². The Hall–Kier alpha value is -2.69. The van der Waals surface area contributed by atoms with E-state index in [4.69, 9.17) is 4.74 Å². The molecule has 1 aromatic carbocycles. The average molecular weight is 370 g/mol. The Balaban J connectivity index is 1.89. The number of allylic oxidation sites excluding steroid dienone is 3. The molecule has 27 heavy (non-hydrogen) atoms. The third-order valence-corrected chi connectivity index (χ3v) is 4.70. The summed E-state index contributed by atoms with van der Waals surface area (Å²) in [6.07, 6.45) is 11.5. The number of carbonyl (C=O) groups excluding carboxylic acids is 3. The van der Waals surface area contributed by atoms with Crippen molar-refractivity contribution in [2.24, 2.45) is 11.8 Å². The van der Waals surface area contributed by atoms with Gasteiger partial charge in [0.2, 0.25) is 0 Å². The van der Waals surface area contributed by atoms with Crippen molar-refractivity contribution in [1.82, 2.24) is 0 Å². The predicted molar refractivity (Wildman–Crippen MR) is 102 cm³/mol. The molecule has 0 saturated carbocycles. The lowest BCUT2D eigenvalue weighted by atomic mass is 9.88. The second-order valence-corrected chi connectivity index (χ2v) is 6.53. The van der Waals surface area contributed by atoms with E-state index in [-0.39, 0.29) is 29.9 Å². The number of aldehydes is 1. The molecule has 0 fully saturated rings. The average Bonchev–Trinajstić information content (AvgIpc) is 3.06. The van der Waals surface area contributed by atoms with Gasteiger partial charge in [0.1, 0.15) is 12.4 Å². The van der Waals surface area contributed by atoms with E-state index in [2.05, 4.69) is 4.74 Å². The van der Waals surface area contributed by atoms with Gasteiger partial charge >= 0.3 is 11.9 Å². The second-order valence-electron chi connectivity index (χ2n) is 6.53. The van der Waals surface area contributed by atoms with Gasteiger partial charge in [0.05, 0.1) is 12.7 Å². The van der Waals surface area contributed by atoms with Gasteiger partial charge in [-0.3, -0.25) is 4.79 Å². The van der Waals surface area contributed by atoms with Crippen molar-refractivity contribution >= 4 is 18.2 Å². The van der Waals surface area contributed by atoms with E-state index in [1.807, 2.05) is 30.4 Å². The molecular formula is C22H26O5. The van der Waals surface area contributed by atoms with Crippen LogP contribution in [0.2, 0.25) is 0 Å². The zero-order chi connectivity index (χ0) is 19.5. The van der Waals surface area contributed by atoms with Crippen LogP contribution in [0.4, 0.5) is 0 Å². The molecule has 144 valence electrons. The fraction of sp³-hybridized carbons (Fsp3) is 0.409. The SMILES string of the molecule is COC(=O)CCC/C=C\C[C@H]1C(OC(=O)c2ccccc2)C=C[C@H]1CC=O. The molecule has 0 aliphatic heterocycles. The van der Waals surface area contributed by atoms with E-state index in [0.29, 0.717) is 24.8 Å². The van der Waals surface area contributed by atoms with Crippen molar-refractivity contribution in [3.8, 4) is 0 Å². The summed E-state index contributed by atoms with van der Waals surface area (Å²) in [5.41, 5.74) is 0.516. The van der Waals surface area contributed by atoms with Gasteiger partial charge in [0.25, 0.3) is 0 Å². The maximum absolute atomic E-state index is 12.3. The molecule has 1 aromatic rings. The Kier molecular flexibility index (Phi) is 8.49. The first-order chi connectivity index (χ1) is 13.2. The Labute approximate surface area is 160 Å². The van der Waals surface area contributed by atoms with Gasteiger partial charge in [-0.05, 0) is 43.4 Å². The van der Waals surface area contributed by atoms with Gasteiger partial charge in [-0.2, -0.15) is 0 Å². The first-order valence-corrected chi connectivity index (χ1v) is 9.25. The number of rotatable bonds is 10. The lowest BCUT2D eigenvalue weighted by molar-refractivity contribution is -0.140. The molecule has 0 heterocycles.